The normalized spacial score (nSPS) is 21.3. The Morgan fingerprint density at radius 3 is 2.37 bits per heavy atom. The van der Waals surface area contributed by atoms with Crippen molar-refractivity contribution in [3.8, 4) is 11.5 Å². The van der Waals surface area contributed by atoms with Gasteiger partial charge in [-0.2, -0.15) is 0 Å². The SMILES string of the molecule is CCCCN(C(C)=O)C1CCC(N2C(=O)Cc3cc(OC)c(OC(C)C)cc3C2c2ccc(Cl)cc2)CC1. The fraction of sp³-hybridized carbons (Fsp3) is 0.548. The number of halogens is 1. The second kappa shape index (κ2) is 12.4. The molecule has 1 atom stereocenters. The van der Waals surface area contributed by atoms with Crippen LogP contribution < -0.4 is 9.47 Å². The first-order valence-corrected chi connectivity index (χ1v) is 14.3. The van der Waals surface area contributed by atoms with E-state index in [1.54, 1.807) is 14.0 Å². The zero-order valence-corrected chi connectivity index (χ0v) is 24.1. The molecule has 2 aromatic rings. The van der Waals surface area contributed by atoms with Gasteiger partial charge in [-0.05, 0) is 86.9 Å². The number of nitrogens with zero attached hydrogens (tertiary/aromatic N) is 2. The van der Waals surface area contributed by atoms with Crippen LogP contribution in [0, 0.1) is 0 Å². The summed E-state index contributed by atoms with van der Waals surface area (Å²) in [5.41, 5.74) is 3.06. The predicted octanol–water partition coefficient (Wildman–Crippen LogP) is 6.57. The summed E-state index contributed by atoms with van der Waals surface area (Å²) < 4.78 is 11.8. The van der Waals surface area contributed by atoms with Crippen molar-refractivity contribution in [2.45, 2.75) is 96.9 Å². The first-order chi connectivity index (χ1) is 18.2. The topological polar surface area (TPSA) is 59.1 Å². The van der Waals surface area contributed by atoms with E-state index in [1.165, 1.54) is 0 Å². The van der Waals surface area contributed by atoms with E-state index in [2.05, 4.69) is 17.9 Å². The third-order valence-electron chi connectivity index (χ3n) is 7.83. The molecule has 0 N–H and O–H groups in total. The van der Waals surface area contributed by atoms with Gasteiger partial charge < -0.3 is 19.3 Å². The van der Waals surface area contributed by atoms with Crippen LogP contribution in [0.3, 0.4) is 0 Å². The number of rotatable bonds is 9. The van der Waals surface area contributed by atoms with Crippen molar-refractivity contribution >= 4 is 23.4 Å². The monoisotopic (exact) mass is 540 g/mol. The summed E-state index contributed by atoms with van der Waals surface area (Å²) in [6.07, 6.45) is 5.96. The number of methoxy groups -OCH3 is 1. The van der Waals surface area contributed by atoms with Crippen LogP contribution >= 0.6 is 11.6 Å². The maximum Gasteiger partial charge on any atom is 0.228 e. The van der Waals surface area contributed by atoms with Crippen molar-refractivity contribution < 1.29 is 19.1 Å². The average Bonchev–Trinajstić information content (AvgIpc) is 2.88. The largest absolute Gasteiger partial charge is 0.493 e. The lowest BCUT2D eigenvalue weighted by Gasteiger charge is -2.46. The van der Waals surface area contributed by atoms with Gasteiger partial charge >= 0.3 is 0 Å². The lowest BCUT2D eigenvalue weighted by Crippen LogP contribution is -2.51. The molecule has 0 bridgehead atoms. The maximum absolute atomic E-state index is 13.8. The molecule has 2 aliphatic rings. The number of ether oxygens (including phenoxy) is 2. The minimum atomic E-state index is -0.241. The van der Waals surface area contributed by atoms with Crippen LogP contribution in [0.1, 0.15) is 89.0 Å². The molecule has 1 unspecified atom stereocenters. The lowest BCUT2D eigenvalue weighted by atomic mass is 9.82. The quantitative estimate of drug-likeness (QED) is 0.361. The Morgan fingerprint density at radius 2 is 1.79 bits per heavy atom. The number of amides is 2. The minimum absolute atomic E-state index is 0.00975. The zero-order valence-electron chi connectivity index (χ0n) is 23.3. The molecule has 4 rings (SSSR count). The Morgan fingerprint density at radius 1 is 1.11 bits per heavy atom. The van der Waals surface area contributed by atoms with Crippen LogP contribution in [-0.4, -0.2) is 53.5 Å². The Hall–Kier alpha value is -2.73. The van der Waals surface area contributed by atoms with E-state index in [0.717, 1.165) is 61.8 Å². The minimum Gasteiger partial charge on any atom is -0.493 e. The smallest absolute Gasteiger partial charge is 0.228 e. The van der Waals surface area contributed by atoms with Crippen molar-refractivity contribution in [3.05, 3.63) is 58.1 Å². The fourth-order valence-corrected chi connectivity index (χ4v) is 6.18. The van der Waals surface area contributed by atoms with E-state index in [4.69, 9.17) is 21.1 Å². The molecule has 7 heteroatoms. The molecule has 0 aromatic heterocycles. The van der Waals surface area contributed by atoms with Crippen molar-refractivity contribution in [3.63, 3.8) is 0 Å². The molecule has 206 valence electrons. The van der Waals surface area contributed by atoms with Crippen molar-refractivity contribution in [1.82, 2.24) is 9.80 Å². The van der Waals surface area contributed by atoms with Gasteiger partial charge in [-0.1, -0.05) is 37.1 Å². The number of carbonyl (C=O) groups is 2. The zero-order chi connectivity index (χ0) is 27.4. The predicted molar refractivity (Wildman–Crippen MR) is 151 cm³/mol. The summed E-state index contributed by atoms with van der Waals surface area (Å²) in [4.78, 5) is 30.3. The highest BCUT2D eigenvalue weighted by atomic mass is 35.5. The number of carbonyl (C=O) groups excluding carboxylic acids is 2. The number of hydrogen-bond donors (Lipinski definition) is 0. The van der Waals surface area contributed by atoms with Crippen LogP contribution in [0.25, 0.3) is 0 Å². The van der Waals surface area contributed by atoms with Gasteiger partial charge in [0.15, 0.2) is 11.5 Å². The number of unbranched alkanes of at least 4 members (excludes halogenated alkanes) is 1. The number of hydrogen-bond acceptors (Lipinski definition) is 4. The molecule has 38 heavy (non-hydrogen) atoms. The van der Waals surface area contributed by atoms with Crippen LogP contribution in [0.5, 0.6) is 11.5 Å². The highest BCUT2D eigenvalue weighted by Gasteiger charge is 2.41. The van der Waals surface area contributed by atoms with Gasteiger partial charge in [0.2, 0.25) is 11.8 Å². The van der Waals surface area contributed by atoms with E-state index in [-0.39, 0.29) is 36.0 Å². The van der Waals surface area contributed by atoms with Gasteiger partial charge in [-0.15, -0.1) is 0 Å². The fourth-order valence-electron chi connectivity index (χ4n) is 6.05. The van der Waals surface area contributed by atoms with E-state index < -0.39 is 0 Å². The molecule has 2 amide bonds. The highest BCUT2D eigenvalue weighted by molar-refractivity contribution is 6.30. The lowest BCUT2D eigenvalue weighted by molar-refractivity contribution is -0.138. The molecule has 6 nitrogen and oxygen atoms in total. The van der Waals surface area contributed by atoms with E-state index in [9.17, 15) is 9.59 Å². The average molecular weight is 541 g/mol. The summed E-state index contributed by atoms with van der Waals surface area (Å²) in [6, 6.07) is 11.9. The Balaban J connectivity index is 1.68. The first kappa shape index (κ1) is 28.3. The summed E-state index contributed by atoms with van der Waals surface area (Å²) in [6.45, 7) is 8.63. The van der Waals surface area contributed by atoms with Gasteiger partial charge in [0.05, 0.1) is 25.7 Å². The molecule has 1 heterocycles. The highest BCUT2D eigenvalue weighted by Crippen LogP contribution is 2.44. The van der Waals surface area contributed by atoms with Crippen LogP contribution in [-0.2, 0) is 16.0 Å². The van der Waals surface area contributed by atoms with Gasteiger partial charge in [0, 0.05) is 30.6 Å². The summed E-state index contributed by atoms with van der Waals surface area (Å²) in [5, 5.41) is 0.665. The molecule has 1 fully saturated rings. The molecule has 1 aliphatic carbocycles. The molecule has 1 aliphatic heterocycles. The standard InChI is InChI=1S/C31H41ClN2O4/c1-6-7-16-33(21(4)35)25-12-14-26(15-13-25)34-30(36)18-23-17-28(37-5)29(38-20(2)3)19-27(23)31(34)22-8-10-24(32)11-9-22/h8-11,17,19-20,25-26,31H,6-7,12-16,18H2,1-5H3. The van der Waals surface area contributed by atoms with E-state index >= 15 is 0 Å². The second-order valence-electron chi connectivity index (χ2n) is 10.8. The molecular weight excluding hydrogens is 500 g/mol. The molecule has 2 aromatic carbocycles. The Kier molecular flexibility index (Phi) is 9.24. The molecule has 0 radical (unpaired) electrons. The third kappa shape index (κ3) is 6.12. The van der Waals surface area contributed by atoms with Gasteiger partial charge in [0.1, 0.15) is 0 Å². The third-order valence-corrected chi connectivity index (χ3v) is 8.09. The van der Waals surface area contributed by atoms with Crippen molar-refractivity contribution in [1.29, 1.82) is 0 Å². The molecular formula is C31H41ClN2O4. The number of benzene rings is 2. The van der Waals surface area contributed by atoms with Crippen molar-refractivity contribution in [2.24, 2.45) is 0 Å². The van der Waals surface area contributed by atoms with E-state index in [1.807, 2.05) is 49.1 Å². The van der Waals surface area contributed by atoms with Gasteiger partial charge in [-0.3, -0.25) is 9.59 Å². The molecule has 0 saturated heterocycles. The van der Waals surface area contributed by atoms with Crippen LogP contribution in [0.2, 0.25) is 5.02 Å². The summed E-state index contributed by atoms with van der Waals surface area (Å²) in [7, 11) is 1.63. The van der Waals surface area contributed by atoms with Gasteiger partial charge in [-0.25, -0.2) is 0 Å². The molecule has 0 spiro atoms. The van der Waals surface area contributed by atoms with Gasteiger partial charge in [0.25, 0.3) is 0 Å². The second-order valence-corrected chi connectivity index (χ2v) is 11.3. The van der Waals surface area contributed by atoms with E-state index in [0.29, 0.717) is 22.9 Å². The first-order valence-electron chi connectivity index (χ1n) is 13.9. The Bertz CT molecular complexity index is 1130. The van der Waals surface area contributed by atoms with Crippen molar-refractivity contribution in [2.75, 3.05) is 13.7 Å². The van der Waals surface area contributed by atoms with Crippen LogP contribution in [0.15, 0.2) is 36.4 Å². The molecule has 1 saturated carbocycles. The van der Waals surface area contributed by atoms with Crippen LogP contribution in [0.4, 0.5) is 0 Å². The maximum atomic E-state index is 13.8. The Labute approximate surface area is 232 Å². The number of fused-ring (bicyclic) bond motifs is 1. The summed E-state index contributed by atoms with van der Waals surface area (Å²) in [5.74, 6) is 1.60. The summed E-state index contributed by atoms with van der Waals surface area (Å²) >= 11 is 6.24.